The first-order valence-electron chi connectivity index (χ1n) is 23.8. The molecule has 2 N–H and O–H groups in total. The number of aryl methyl sites for hydroxylation is 1. The van der Waals surface area contributed by atoms with Gasteiger partial charge in [0.05, 0.1) is 49.3 Å². The molecule has 4 atom stereocenters. The Kier molecular flexibility index (Phi) is 15.8. The van der Waals surface area contributed by atoms with Crippen molar-refractivity contribution < 1.29 is 33.4 Å². The summed E-state index contributed by atoms with van der Waals surface area (Å²) in [6.07, 6.45) is 4.44. The summed E-state index contributed by atoms with van der Waals surface area (Å²) in [6.45, 7) is 14.3. The number of nitrogens with one attached hydrogen (secondary N) is 2. The number of fused-ring (bicyclic) bond motifs is 6. The first-order chi connectivity index (χ1) is 32.1. The number of methoxy groups -OCH3 is 2. The predicted octanol–water partition coefficient (Wildman–Crippen LogP) is 6.83. The van der Waals surface area contributed by atoms with E-state index in [4.69, 9.17) is 19.2 Å². The van der Waals surface area contributed by atoms with Gasteiger partial charge in [-0.1, -0.05) is 58.0 Å². The third-order valence-electron chi connectivity index (χ3n) is 13.5. The number of esters is 1. The standard InChI is InChI=1S/C52H68N8O7/c1-10-59-44-19-18-36-28-40(44)41(47(59)39-16-12-20-54-45(39)33(4)66-9)29-52(5,6)30-67-51(64)42-17-13-22-60(57-42)50(63)43(25-34-14-11-15-35(36)24-34)56-48(61)46(32(2)3)58(7)49(62)37-26-38(27-37)55-31-53-21-23-65-8/h11-12,14-16,18-20,24,28,32-33,37-38,42-43,46,57H,10,13,17,21-23,25-27,29-30H2,1-9H3,(H,56,61)/t33-,37-,38-,42-,43-,46-/m0/s1. The van der Waals surface area contributed by atoms with E-state index >= 15 is 0 Å². The van der Waals surface area contributed by atoms with E-state index in [-0.39, 0.29) is 48.8 Å². The Hall–Kier alpha value is -5.73. The first kappa shape index (κ1) is 49.2. The molecule has 2 fully saturated rings. The lowest BCUT2D eigenvalue weighted by atomic mass is 9.79. The molecule has 1 saturated carbocycles. The van der Waals surface area contributed by atoms with E-state index in [9.17, 15) is 19.2 Å². The Morgan fingerprint density at radius 1 is 1.07 bits per heavy atom. The van der Waals surface area contributed by atoms with Gasteiger partial charge in [-0.2, -0.15) is 0 Å². The van der Waals surface area contributed by atoms with Gasteiger partial charge in [0, 0.05) is 74.8 Å². The van der Waals surface area contributed by atoms with Gasteiger partial charge in [-0.25, -0.2) is 15.4 Å². The summed E-state index contributed by atoms with van der Waals surface area (Å²) in [7, 11) is 4.96. The number of hydrogen-bond acceptors (Lipinski definition) is 11. The molecule has 15 nitrogen and oxygen atoms in total. The zero-order chi connectivity index (χ0) is 48.0. The summed E-state index contributed by atoms with van der Waals surface area (Å²) in [5.41, 5.74) is 10.6. The maximum absolute atomic E-state index is 14.7. The second kappa shape index (κ2) is 21.5. The number of rotatable bonds is 13. The van der Waals surface area contributed by atoms with Crippen LogP contribution in [-0.2, 0) is 52.8 Å². The second-order valence-corrected chi connectivity index (χ2v) is 19.4. The number of cyclic esters (lactones) is 1. The van der Waals surface area contributed by atoms with Crippen LogP contribution in [0.15, 0.2) is 70.8 Å². The van der Waals surface area contributed by atoms with Crippen LogP contribution in [0.3, 0.4) is 0 Å². The molecule has 6 bridgehead atoms. The van der Waals surface area contributed by atoms with Crippen LogP contribution < -0.4 is 10.7 Å². The number of ether oxygens (including phenoxy) is 3. The molecule has 15 heteroatoms. The monoisotopic (exact) mass is 917 g/mol. The number of aromatic nitrogens is 2. The van der Waals surface area contributed by atoms with Crippen molar-refractivity contribution in [2.75, 3.05) is 47.6 Å². The number of aliphatic imine (C=N–C) groups is 2. The third-order valence-corrected chi connectivity index (χ3v) is 13.5. The summed E-state index contributed by atoms with van der Waals surface area (Å²) in [4.78, 5) is 71.8. The highest BCUT2D eigenvalue weighted by molar-refractivity contribution is 5.96. The fourth-order valence-corrected chi connectivity index (χ4v) is 9.80. The largest absolute Gasteiger partial charge is 0.464 e. The molecule has 2 aromatic heterocycles. The summed E-state index contributed by atoms with van der Waals surface area (Å²) in [5.74, 6) is -1.94. The minimum atomic E-state index is -1.02. The van der Waals surface area contributed by atoms with Crippen molar-refractivity contribution in [1.82, 2.24) is 30.2 Å². The molecule has 0 radical (unpaired) electrons. The molecule has 7 rings (SSSR count). The van der Waals surface area contributed by atoms with E-state index in [1.807, 2.05) is 39.0 Å². The number of nitrogens with zero attached hydrogens (tertiary/aromatic N) is 6. The van der Waals surface area contributed by atoms with Crippen LogP contribution >= 0.6 is 0 Å². The van der Waals surface area contributed by atoms with Gasteiger partial charge in [-0.05, 0) is 98.4 Å². The summed E-state index contributed by atoms with van der Waals surface area (Å²) >= 11 is 0. The number of amides is 3. The van der Waals surface area contributed by atoms with Crippen LogP contribution in [0, 0.1) is 17.3 Å². The van der Waals surface area contributed by atoms with Crippen LogP contribution in [0.25, 0.3) is 33.3 Å². The van der Waals surface area contributed by atoms with Gasteiger partial charge in [-0.3, -0.25) is 29.2 Å². The van der Waals surface area contributed by atoms with Gasteiger partial charge in [0.25, 0.3) is 5.91 Å². The number of carbonyl (C=O) groups excluding carboxylic acids is 4. The number of benzene rings is 2. The number of pyridine rings is 1. The third kappa shape index (κ3) is 11.0. The van der Waals surface area contributed by atoms with Crippen LogP contribution in [0.5, 0.6) is 0 Å². The number of hydrazine groups is 1. The zero-order valence-electron chi connectivity index (χ0n) is 40.6. The van der Waals surface area contributed by atoms with Crippen LogP contribution in [0.2, 0.25) is 0 Å². The average Bonchev–Trinajstić information content (AvgIpc) is 3.61. The zero-order valence-corrected chi connectivity index (χ0v) is 40.6. The van der Waals surface area contributed by atoms with E-state index in [0.29, 0.717) is 58.3 Å². The van der Waals surface area contributed by atoms with Crippen molar-refractivity contribution in [1.29, 1.82) is 0 Å². The Morgan fingerprint density at radius 3 is 2.58 bits per heavy atom. The highest BCUT2D eigenvalue weighted by Gasteiger charge is 2.42. The fourth-order valence-electron chi connectivity index (χ4n) is 9.80. The average molecular weight is 917 g/mol. The quantitative estimate of drug-likeness (QED) is 0.0830. The maximum Gasteiger partial charge on any atom is 0.324 e. The van der Waals surface area contributed by atoms with Gasteiger partial charge in [0.2, 0.25) is 11.8 Å². The molecule has 358 valence electrons. The summed E-state index contributed by atoms with van der Waals surface area (Å²) in [6, 6.07) is 18.7. The minimum Gasteiger partial charge on any atom is -0.464 e. The van der Waals surface area contributed by atoms with Crippen molar-refractivity contribution in [3.05, 3.63) is 77.6 Å². The van der Waals surface area contributed by atoms with E-state index in [1.165, 1.54) is 9.91 Å². The highest BCUT2D eigenvalue weighted by Crippen LogP contribution is 2.42. The summed E-state index contributed by atoms with van der Waals surface area (Å²) < 4.78 is 19.3. The van der Waals surface area contributed by atoms with E-state index in [0.717, 1.165) is 50.1 Å². The molecule has 0 unspecified atom stereocenters. The molecule has 1 aliphatic carbocycles. The Labute approximate surface area is 394 Å². The van der Waals surface area contributed by atoms with Crippen LogP contribution in [0.4, 0.5) is 0 Å². The van der Waals surface area contributed by atoms with E-state index in [2.05, 4.69) is 88.5 Å². The predicted molar refractivity (Wildman–Crippen MR) is 258 cm³/mol. The normalized spacial score (nSPS) is 21.6. The van der Waals surface area contributed by atoms with E-state index < -0.39 is 35.4 Å². The topological polar surface area (TPSA) is 169 Å². The smallest absolute Gasteiger partial charge is 0.324 e. The van der Waals surface area contributed by atoms with Crippen molar-refractivity contribution >= 4 is 40.6 Å². The molecule has 4 heterocycles. The van der Waals surface area contributed by atoms with Crippen LogP contribution in [0.1, 0.15) is 90.2 Å². The Bertz CT molecular complexity index is 2500. The lowest BCUT2D eigenvalue weighted by Crippen LogP contribution is -2.62. The molecular weight excluding hydrogens is 849 g/mol. The number of hydrogen-bond donors (Lipinski definition) is 2. The molecule has 67 heavy (non-hydrogen) atoms. The molecule has 4 aromatic rings. The van der Waals surface area contributed by atoms with E-state index in [1.54, 1.807) is 27.5 Å². The number of carbonyl (C=O) groups is 4. The van der Waals surface area contributed by atoms with Gasteiger partial charge in [0.1, 0.15) is 18.1 Å². The van der Waals surface area contributed by atoms with Crippen LogP contribution in [-0.4, -0.2) is 121 Å². The Balaban J connectivity index is 1.24. The van der Waals surface area contributed by atoms with Crippen molar-refractivity contribution in [2.24, 2.45) is 27.2 Å². The fraction of sp³-hybridized carbons (Fsp3) is 0.538. The van der Waals surface area contributed by atoms with Gasteiger partial charge in [0.15, 0.2) is 0 Å². The second-order valence-electron chi connectivity index (χ2n) is 19.4. The van der Waals surface area contributed by atoms with Gasteiger partial charge < -0.3 is 29.0 Å². The van der Waals surface area contributed by atoms with Crippen molar-refractivity contribution in [2.45, 2.75) is 117 Å². The molecule has 0 spiro atoms. The van der Waals surface area contributed by atoms with Crippen molar-refractivity contribution in [3.8, 4) is 22.4 Å². The Morgan fingerprint density at radius 2 is 1.85 bits per heavy atom. The number of likely N-dealkylation sites (N-methyl/N-ethyl adjacent to an activating group) is 1. The lowest BCUT2D eigenvalue weighted by Gasteiger charge is -2.39. The van der Waals surface area contributed by atoms with Gasteiger partial charge in [-0.15, -0.1) is 0 Å². The molecule has 3 aliphatic rings. The molecule has 3 amide bonds. The van der Waals surface area contributed by atoms with Gasteiger partial charge >= 0.3 is 5.97 Å². The lowest BCUT2D eigenvalue weighted by molar-refractivity contribution is -0.155. The SMILES string of the molecule is CCn1c(-c2cccnc2[C@H](C)OC)c2c3cc(ccc31)-c1cccc(c1)C[C@H](NC(=O)[C@H](C(C)C)N(C)C(=O)[C@H]1C[C@H](N=C=NCCOC)C1)C(=O)N1CCC[C@H](N1)C(=O)OCC(C)(C)C2. The highest BCUT2D eigenvalue weighted by atomic mass is 16.5. The van der Waals surface area contributed by atoms with Crippen molar-refractivity contribution in [3.63, 3.8) is 0 Å². The first-order valence-corrected chi connectivity index (χ1v) is 23.8. The molecule has 1 saturated heterocycles. The summed E-state index contributed by atoms with van der Waals surface area (Å²) in [5, 5.41) is 5.63. The molecule has 2 aliphatic heterocycles. The minimum absolute atomic E-state index is 0.0610. The maximum atomic E-state index is 14.7. The molecular formula is C52H68N8O7. The molecule has 2 aromatic carbocycles.